The number of hydrogen-bond acceptors (Lipinski definition) is 6. The molecule has 128 valence electrons. The summed E-state index contributed by atoms with van der Waals surface area (Å²) in [7, 11) is 0. The molecule has 0 saturated heterocycles. The van der Waals surface area contributed by atoms with E-state index in [9.17, 15) is 14.4 Å². The number of carbonyl (C=O) groups excluding carboxylic acids is 1. The van der Waals surface area contributed by atoms with Crippen LogP contribution in [0.5, 0.6) is 0 Å². The van der Waals surface area contributed by atoms with Crippen molar-refractivity contribution in [2.45, 2.75) is 24.8 Å². The minimum atomic E-state index is -0.968. The fraction of sp³-hybridized carbons (Fsp3) is 0.176. The number of aromatic nitrogens is 2. The number of nitrogens with one attached hydrogen (secondary N) is 1. The van der Waals surface area contributed by atoms with E-state index in [1.807, 2.05) is 0 Å². The van der Waals surface area contributed by atoms with Crippen molar-refractivity contribution >= 4 is 45.1 Å². The van der Waals surface area contributed by atoms with Crippen LogP contribution in [0.15, 0.2) is 34.2 Å². The Kier molecular flexibility index (Phi) is 4.73. The number of carbonyl (C=O) groups is 2. The summed E-state index contributed by atoms with van der Waals surface area (Å²) in [5, 5.41) is 9.83. The smallest absolute Gasteiger partial charge is 0.335 e. The van der Waals surface area contributed by atoms with Crippen molar-refractivity contribution in [3.05, 3.63) is 56.2 Å². The van der Waals surface area contributed by atoms with Crippen LogP contribution in [0.3, 0.4) is 0 Å². The molecule has 0 unspecified atom stereocenters. The molecule has 2 aromatic heterocycles. The van der Waals surface area contributed by atoms with E-state index in [2.05, 4.69) is 9.97 Å². The van der Waals surface area contributed by atoms with Gasteiger partial charge in [0.05, 0.1) is 15.8 Å². The number of ketones is 1. The number of aromatic amines is 1. The molecule has 0 aliphatic heterocycles. The molecule has 0 saturated carbocycles. The molecule has 0 spiro atoms. The molecule has 0 aliphatic rings. The predicted molar refractivity (Wildman–Crippen MR) is 97.9 cm³/mol. The SMILES string of the molecule is CC(=O)c1sc2nc(SCc3ccc(C(=O)O)cc3)[nH]c(=O)c2c1C. The van der Waals surface area contributed by atoms with Gasteiger partial charge in [-0.05, 0) is 37.1 Å². The Morgan fingerprint density at radius 3 is 2.56 bits per heavy atom. The number of nitrogens with zero attached hydrogens (tertiary/aromatic N) is 1. The standard InChI is InChI=1S/C17H14N2O4S2/c1-8-12-14(21)18-17(19-15(12)25-13(8)9(2)20)24-7-10-3-5-11(6-4-10)16(22)23/h3-6H,7H2,1-2H3,(H,22,23)(H,18,19,21). The molecule has 0 fully saturated rings. The number of thioether (sulfide) groups is 1. The van der Waals surface area contributed by atoms with Gasteiger partial charge in [-0.3, -0.25) is 9.59 Å². The summed E-state index contributed by atoms with van der Waals surface area (Å²) >= 11 is 2.58. The summed E-state index contributed by atoms with van der Waals surface area (Å²) in [5.74, 6) is -0.504. The summed E-state index contributed by atoms with van der Waals surface area (Å²) < 4.78 is 0. The normalized spacial score (nSPS) is 11.0. The zero-order chi connectivity index (χ0) is 18.1. The van der Waals surface area contributed by atoms with Gasteiger partial charge in [0, 0.05) is 5.75 Å². The maximum absolute atomic E-state index is 12.3. The molecular formula is C17H14N2O4S2. The number of Topliss-reactive ketones (excluding diaryl/α,β-unsaturated/α-hetero) is 1. The lowest BCUT2D eigenvalue weighted by molar-refractivity contribution is 0.0696. The van der Waals surface area contributed by atoms with Crippen LogP contribution in [-0.2, 0) is 5.75 Å². The largest absolute Gasteiger partial charge is 0.478 e. The minimum Gasteiger partial charge on any atom is -0.478 e. The van der Waals surface area contributed by atoms with E-state index in [-0.39, 0.29) is 16.9 Å². The molecule has 3 rings (SSSR count). The lowest BCUT2D eigenvalue weighted by Gasteiger charge is -2.02. The van der Waals surface area contributed by atoms with Gasteiger partial charge < -0.3 is 10.1 Å². The highest BCUT2D eigenvalue weighted by Gasteiger charge is 2.17. The van der Waals surface area contributed by atoms with Gasteiger partial charge in [-0.25, -0.2) is 9.78 Å². The predicted octanol–water partition coefficient (Wildman–Crippen LogP) is 3.49. The highest BCUT2D eigenvalue weighted by molar-refractivity contribution is 7.98. The van der Waals surface area contributed by atoms with Crippen LogP contribution in [0, 0.1) is 6.92 Å². The third-order valence-corrected chi connectivity index (χ3v) is 5.91. The minimum absolute atomic E-state index is 0.0763. The lowest BCUT2D eigenvalue weighted by Crippen LogP contribution is -2.09. The zero-order valence-electron chi connectivity index (χ0n) is 13.5. The number of aryl methyl sites for hydroxylation is 1. The maximum Gasteiger partial charge on any atom is 0.335 e. The number of carboxylic acid groups (broad SMARTS) is 1. The molecule has 0 amide bonds. The number of rotatable bonds is 5. The summed E-state index contributed by atoms with van der Waals surface area (Å²) in [6, 6.07) is 6.55. The average Bonchev–Trinajstić information content (AvgIpc) is 2.91. The summed E-state index contributed by atoms with van der Waals surface area (Å²) in [4.78, 5) is 43.1. The second-order valence-electron chi connectivity index (χ2n) is 5.45. The third-order valence-electron chi connectivity index (χ3n) is 3.68. The number of carboxylic acids is 1. The number of aromatic carboxylic acids is 1. The fourth-order valence-electron chi connectivity index (χ4n) is 2.42. The quantitative estimate of drug-likeness (QED) is 0.403. The Bertz CT molecular complexity index is 1040. The van der Waals surface area contributed by atoms with Crippen LogP contribution >= 0.6 is 23.1 Å². The first-order valence-corrected chi connectivity index (χ1v) is 9.16. The molecule has 6 nitrogen and oxygen atoms in total. The molecule has 1 aromatic carbocycles. The van der Waals surface area contributed by atoms with Crippen LogP contribution in [0.25, 0.3) is 10.2 Å². The van der Waals surface area contributed by atoms with Crippen molar-refractivity contribution in [3.63, 3.8) is 0 Å². The van der Waals surface area contributed by atoms with E-state index < -0.39 is 5.97 Å². The highest BCUT2D eigenvalue weighted by atomic mass is 32.2. The molecule has 0 aliphatic carbocycles. The van der Waals surface area contributed by atoms with Gasteiger partial charge in [-0.1, -0.05) is 23.9 Å². The van der Waals surface area contributed by atoms with Crippen molar-refractivity contribution in [3.8, 4) is 0 Å². The van der Waals surface area contributed by atoms with Crippen molar-refractivity contribution in [2.75, 3.05) is 0 Å². The van der Waals surface area contributed by atoms with E-state index in [4.69, 9.17) is 5.11 Å². The van der Waals surface area contributed by atoms with Gasteiger partial charge in [0.2, 0.25) is 0 Å². The first kappa shape index (κ1) is 17.4. The molecule has 3 aromatic rings. The van der Waals surface area contributed by atoms with E-state index >= 15 is 0 Å². The number of thiophene rings is 1. The van der Waals surface area contributed by atoms with Crippen molar-refractivity contribution in [1.29, 1.82) is 0 Å². The molecule has 8 heteroatoms. The average molecular weight is 374 g/mol. The Hall–Kier alpha value is -2.45. The van der Waals surface area contributed by atoms with Crippen LogP contribution < -0.4 is 5.56 Å². The molecule has 2 N–H and O–H groups in total. The molecular weight excluding hydrogens is 360 g/mol. The van der Waals surface area contributed by atoms with Gasteiger partial charge in [0.1, 0.15) is 4.83 Å². The monoisotopic (exact) mass is 374 g/mol. The number of fused-ring (bicyclic) bond motifs is 1. The van der Waals surface area contributed by atoms with Crippen LogP contribution in [0.1, 0.15) is 38.1 Å². The van der Waals surface area contributed by atoms with Crippen LogP contribution in [0.4, 0.5) is 0 Å². The first-order chi connectivity index (χ1) is 11.9. The van der Waals surface area contributed by atoms with Gasteiger partial charge >= 0.3 is 5.97 Å². The van der Waals surface area contributed by atoms with E-state index in [1.165, 1.54) is 30.0 Å². The molecule has 0 radical (unpaired) electrons. The second-order valence-corrected chi connectivity index (χ2v) is 7.42. The third kappa shape index (κ3) is 3.49. The Morgan fingerprint density at radius 1 is 1.28 bits per heavy atom. The topological polar surface area (TPSA) is 100 Å². The van der Waals surface area contributed by atoms with Crippen LogP contribution in [-0.4, -0.2) is 26.8 Å². The van der Waals surface area contributed by atoms with E-state index in [1.54, 1.807) is 31.2 Å². The Morgan fingerprint density at radius 2 is 1.96 bits per heavy atom. The van der Waals surface area contributed by atoms with Gasteiger partial charge in [0.15, 0.2) is 10.9 Å². The van der Waals surface area contributed by atoms with Crippen LogP contribution in [0.2, 0.25) is 0 Å². The Balaban J connectivity index is 1.85. The summed E-state index contributed by atoms with van der Waals surface area (Å²) in [6.07, 6.45) is 0. The molecule has 0 atom stereocenters. The van der Waals surface area contributed by atoms with Crippen molar-refractivity contribution in [2.24, 2.45) is 0 Å². The number of hydrogen-bond donors (Lipinski definition) is 2. The van der Waals surface area contributed by atoms with Gasteiger partial charge in [0.25, 0.3) is 5.56 Å². The van der Waals surface area contributed by atoms with E-state index in [0.29, 0.717) is 31.6 Å². The fourth-order valence-corrected chi connectivity index (χ4v) is 4.37. The summed E-state index contributed by atoms with van der Waals surface area (Å²) in [6.45, 7) is 3.23. The van der Waals surface area contributed by atoms with Gasteiger partial charge in [-0.15, -0.1) is 11.3 Å². The van der Waals surface area contributed by atoms with E-state index in [0.717, 1.165) is 5.56 Å². The summed E-state index contributed by atoms with van der Waals surface area (Å²) in [5.41, 5.74) is 1.56. The van der Waals surface area contributed by atoms with Crippen molar-refractivity contribution < 1.29 is 14.7 Å². The molecule has 2 heterocycles. The Labute approximate surface area is 150 Å². The zero-order valence-corrected chi connectivity index (χ0v) is 15.1. The maximum atomic E-state index is 12.3. The number of benzene rings is 1. The first-order valence-electron chi connectivity index (χ1n) is 7.36. The highest BCUT2D eigenvalue weighted by Crippen LogP contribution is 2.29. The molecule has 25 heavy (non-hydrogen) atoms. The van der Waals surface area contributed by atoms with Gasteiger partial charge in [-0.2, -0.15) is 0 Å². The van der Waals surface area contributed by atoms with Crippen molar-refractivity contribution in [1.82, 2.24) is 9.97 Å². The number of H-pyrrole nitrogens is 1. The lowest BCUT2D eigenvalue weighted by atomic mass is 10.1. The second kappa shape index (κ2) is 6.81. The molecule has 0 bridgehead atoms.